The molecule has 0 fully saturated rings. The van der Waals surface area contributed by atoms with E-state index in [0.717, 1.165) is 24.5 Å². The van der Waals surface area contributed by atoms with Crippen molar-refractivity contribution in [3.8, 4) is 11.5 Å². The monoisotopic (exact) mass is 284 g/mol. The Bertz CT molecular complexity index is 718. The molecule has 0 saturated carbocycles. The van der Waals surface area contributed by atoms with E-state index < -0.39 is 0 Å². The van der Waals surface area contributed by atoms with Gasteiger partial charge in [0.25, 0.3) is 0 Å². The van der Waals surface area contributed by atoms with Crippen molar-refractivity contribution in [2.75, 3.05) is 0 Å². The van der Waals surface area contributed by atoms with Crippen molar-refractivity contribution in [3.05, 3.63) is 41.9 Å². The largest absolute Gasteiger partial charge is 0.337 e. The van der Waals surface area contributed by atoms with Gasteiger partial charge in [-0.05, 0) is 12.1 Å². The molecule has 0 N–H and O–H groups in total. The van der Waals surface area contributed by atoms with E-state index in [1.807, 2.05) is 36.7 Å². The molecule has 7 heteroatoms. The lowest BCUT2D eigenvalue weighted by Crippen LogP contribution is -2.06. The quantitative estimate of drug-likeness (QED) is 0.711. The van der Waals surface area contributed by atoms with E-state index in [1.54, 1.807) is 6.20 Å². The second kappa shape index (κ2) is 5.82. The highest BCUT2D eigenvalue weighted by molar-refractivity contribution is 5.46. The fraction of sp³-hybridized carbons (Fsp3) is 0.357. The average molecular weight is 284 g/mol. The molecule has 0 radical (unpaired) electrons. The van der Waals surface area contributed by atoms with E-state index in [1.165, 1.54) is 0 Å². The zero-order valence-corrected chi connectivity index (χ0v) is 12.0. The van der Waals surface area contributed by atoms with Crippen molar-refractivity contribution in [1.29, 1.82) is 0 Å². The van der Waals surface area contributed by atoms with Crippen LogP contribution in [0.3, 0.4) is 0 Å². The lowest BCUT2D eigenvalue weighted by Gasteiger charge is -1.99. The molecule has 0 saturated heterocycles. The summed E-state index contributed by atoms with van der Waals surface area (Å²) >= 11 is 0. The van der Waals surface area contributed by atoms with Crippen molar-refractivity contribution in [2.45, 2.75) is 33.2 Å². The highest BCUT2D eigenvalue weighted by Gasteiger charge is 2.13. The number of hydrogen-bond acceptors (Lipinski definition) is 6. The lowest BCUT2D eigenvalue weighted by atomic mass is 10.3. The summed E-state index contributed by atoms with van der Waals surface area (Å²) < 4.78 is 7.09. The van der Waals surface area contributed by atoms with Gasteiger partial charge < -0.3 is 4.52 Å². The number of hydrogen-bond donors (Lipinski definition) is 0. The summed E-state index contributed by atoms with van der Waals surface area (Å²) in [5.74, 6) is 2.73. The normalized spacial score (nSPS) is 11.0. The van der Waals surface area contributed by atoms with Gasteiger partial charge in [-0.1, -0.05) is 25.1 Å². The molecule has 0 aliphatic carbocycles. The zero-order chi connectivity index (χ0) is 14.7. The van der Waals surface area contributed by atoms with Crippen LogP contribution >= 0.6 is 0 Å². The van der Waals surface area contributed by atoms with Crippen LogP contribution in [-0.2, 0) is 19.4 Å². The molecule has 3 heterocycles. The summed E-state index contributed by atoms with van der Waals surface area (Å²) in [4.78, 5) is 13.0. The first-order valence-electron chi connectivity index (χ1n) is 6.96. The molecule has 0 spiro atoms. The second-order valence-electron chi connectivity index (χ2n) is 4.54. The van der Waals surface area contributed by atoms with E-state index in [9.17, 15) is 0 Å². The van der Waals surface area contributed by atoms with Gasteiger partial charge in [0.1, 0.15) is 18.1 Å². The summed E-state index contributed by atoms with van der Waals surface area (Å²) in [5.41, 5.74) is 0.691. The number of nitrogens with zero attached hydrogens (tertiary/aromatic N) is 6. The summed E-state index contributed by atoms with van der Waals surface area (Å²) in [6.45, 7) is 4.51. The van der Waals surface area contributed by atoms with Crippen LogP contribution in [-0.4, -0.2) is 29.9 Å². The van der Waals surface area contributed by atoms with Gasteiger partial charge in [0, 0.05) is 19.0 Å². The summed E-state index contributed by atoms with van der Waals surface area (Å²) in [6, 6.07) is 5.58. The fourth-order valence-corrected chi connectivity index (χ4v) is 2.01. The third-order valence-electron chi connectivity index (χ3n) is 3.07. The Morgan fingerprint density at radius 1 is 1.14 bits per heavy atom. The van der Waals surface area contributed by atoms with Crippen molar-refractivity contribution < 1.29 is 4.52 Å². The van der Waals surface area contributed by atoms with E-state index >= 15 is 0 Å². The van der Waals surface area contributed by atoms with Crippen LogP contribution in [0, 0.1) is 0 Å². The van der Waals surface area contributed by atoms with Crippen LogP contribution in [0.15, 0.2) is 28.9 Å². The maximum Gasteiger partial charge on any atom is 0.248 e. The molecule has 3 rings (SSSR count). The SMILES string of the molecule is CCc1nc(CC)n(Cc2nc(-c3ccccn3)no2)n1. The summed E-state index contributed by atoms with van der Waals surface area (Å²) in [6.07, 6.45) is 3.32. The Kier molecular flexibility index (Phi) is 3.72. The first-order chi connectivity index (χ1) is 10.3. The fourth-order valence-electron chi connectivity index (χ4n) is 2.01. The van der Waals surface area contributed by atoms with Crippen LogP contribution in [0.1, 0.15) is 31.4 Å². The molecule has 7 nitrogen and oxygen atoms in total. The van der Waals surface area contributed by atoms with Gasteiger partial charge in [-0.2, -0.15) is 10.1 Å². The molecule has 0 amide bonds. The Morgan fingerprint density at radius 3 is 2.76 bits per heavy atom. The molecule has 21 heavy (non-hydrogen) atoms. The van der Waals surface area contributed by atoms with Crippen LogP contribution < -0.4 is 0 Å². The smallest absolute Gasteiger partial charge is 0.248 e. The first-order valence-corrected chi connectivity index (χ1v) is 6.96. The molecule has 0 unspecified atom stereocenters. The van der Waals surface area contributed by atoms with Crippen LogP contribution in [0.2, 0.25) is 0 Å². The average Bonchev–Trinajstić information content (AvgIpc) is 3.15. The van der Waals surface area contributed by atoms with Crippen molar-refractivity contribution in [1.82, 2.24) is 29.9 Å². The molecule has 0 aliphatic rings. The van der Waals surface area contributed by atoms with E-state index in [4.69, 9.17) is 4.52 Å². The van der Waals surface area contributed by atoms with E-state index in [2.05, 4.69) is 25.2 Å². The molecular formula is C14H16N6O. The molecule has 3 aromatic rings. The van der Waals surface area contributed by atoms with E-state index in [-0.39, 0.29) is 0 Å². The molecule has 3 aromatic heterocycles. The van der Waals surface area contributed by atoms with Gasteiger partial charge in [-0.25, -0.2) is 9.67 Å². The zero-order valence-electron chi connectivity index (χ0n) is 12.0. The van der Waals surface area contributed by atoms with Crippen molar-refractivity contribution in [3.63, 3.8) is 0 Å². The van der Waals surface area contributed by atoms with Crippen LogP contribution in [0.5, 0.6) is 0 Å². The third kappa shape index (κ3) is 2.81. The maximum absolute atomic E-state index is 5.28. The third-order valence-corrected chi connectivity index (χ3v) is 3.07. The summed E-state index contributed by atoms with van der Waals surface area (Å²) in [5, 5.41) is 8.39. The van der Waals surface area contributed by atoms with Gasteiger partial charge in [-0.3, -0.25) is 4.98 Å². The Hall–Kier alpha value is -2.57. The standard InChI is InChI=1S/C14H16N6O/c1-3-11-16-12(4-2)20(18-11)9-13-17-14(19-21-13)10-7-5-6-8-15-10/h5-8H,3-4,9H2,1-2H3. The van der Waals surface area contributed by atoms with Gasteiger partial charge in [0.05, 0.1) is 0 Å². The van der Waals surface area contributed by atoms with E-state index in [0.29, 0.717) is 24.0 Å². The summed E-state index contributed by atoms with van der Waals surface area (Å²) in [7, 11) is 0. The number of rotatable bonds is 5. The molecule has 0 aliphatic heterocycles. The first kappa shape index (κ1) is 13.4. The highest BCUT2D eigenvalue weighted by atomic mass is 16.5. The van der Waals surface area contributed by atoms with Gasteiger partial charge in [-0.15, -0.1) is 0 Å². The molecule has 0 atom stereocenters. The lowest BCUT2D eigenvalue weighted by molar-refractivity contribution is 0.363. The Balaban J connectivity index is 1.83. The van der Waals surface area contributed by atoms with Gasteiger partial charge >= 0.3 is 0 Å². The van der Waals surface area contributed by atoms with Crippen molar-refractivity contribution >= 4 is 0 Å². The number of pyridine rings is 1. The minimum atomic E-state index is 0.427. The number of aryl methyl sites for hydroxylation is 2. The molecule has 0 bridgehead atoms. The predicted octanol–water partition coefficient (Wildman–Crippen LogP) is 1.90. The number of aromatic nitrogens is 6. The molecule has 108 valence electrons. The van der Waals surface area contributed by atoms with Crippen LogP contribution in [0.4, 0.5) is 0 Å². The second-order valence-corrected chi connectivity index (χ2v) is 4.54. The Morgan fingerprint density at radius 2 is 2.05 bits per heavy atom. The molecular weight excluding hydrogens is 268 g/mol. The highest BCUT2D eigenvalue weighted by Crippen LogP contribution is 2.13. The minimum Gasteiger partial charge on any atom is -0.337 e. The molecule has 0 aromatic carbocycles. The van der Waals surface area contributed by atoms with Gasteiger partial charge in [0.2, 0.25) is 11.7 Å². The minimum absolute atomic E-state index is 0.427. The predicted molar refractivity (Wildman–Crippen MR) is 75.4 cm³/mol. The maximum atomic E-state index is 5.28. The Labute approximate surface area is 122 Å². The van der Waals surface area contributed by atoms with Crippen molar-refractivity contribution in [2.24, 2.45) is 0 Å². The van der Waals surface area contributed by atoms with Gasteiger partial charge in [0.15, 0.2) is 5.82 Å². The van der Waals surface area contributed by atoms with Crippen LogP contribution in [0.25, 0.3) is 11.5 Å². The topological polar surface area (TPSA) is 82.5 Å².